The van der Waals surface area contributed by atoms with Gasteiger partial charge in [0.15, 0.2) is 0 Å². The number of nitrogens with zero attached hydrogens (tertiary/aromatic N) is 2. The van der Waals surface area contributed by atoms with E-state index in [9.17, 15) is 9.59 Å². The molecule has 0 spiro atoms. The average molecular weight is 241 g/mol. The van der Waals surface area contributed by atoms with E-state index in [2.05, 4.69) is 9.73 Å². The number of amidine groups is 1. The van der Waals surface area contributed by atoms with Gasteiger partial charge in [-0.1, -0.05) is 6.92 Å². The Balaban J connectivity index is 2.73. The molecule has 0 aromatic rings. The summed E-state index contributed by atoms with van der Waals surface area (Å²) in [5.74, 6) is 0.449. The fourth-order valence-electron chi connectivity index (χ4n) is 2.09. The highest BCUT2D eigenvalue weighted by Gasteiger charge is 2.30. The summed E-state index contributed by atoms with van der Waals surface area (Å²) in [4.78, 5) is 27.8. The van der Waals surface area contributed by atoms with Crippen LogP contribution in [0, 0.1) is 0 Å². The number of aliphatic imine (C=N–C) groups is 1. The monoisotopic (exact) mass is 241 g/mol. The first-order valence-electron chi connectivity index (χ1n) is 5.79. The van der Waals surface area contributed by atoms with Gasteiger partial charge in [-0.05, 0) is 12.8 Å². The molecule has 96 valence electrons. The minimum atomic E-state index is -0.681. The van der Waals surface area contributed by atoms with Gasteiger partial charge >= 0.3 is 12.0 Å². The Morgan fingerprint density at radius 2 is 2.29 bits per heavy atom. The molecule has 17 heavy (non-hydrogen) atoms. The van der Waals surface area contributed by atoms with Crippen molar-refractivity contribution >= 4 is 17.8 Å². The van der Waals surface area contributed by atoms with Crippen LogP contribution in [-0.4, -0.2) is 42.4 Å². The Hall–Kier alpha value is -1.59. The molecule has 0 aliphatic carbocycles. The van der Waals surface area contributed by atoms with Gasteiger partial charge in [0.2, 0.25) is 0 Å². The van der Waals surface area contributed by atoms with E-state index in [0.29, 0.717) is 18.7 Å². The molecule has 1 unspecified atom stereocenters. The van der Waals surface area contributed by atoms with Crippen LogP contribution in [0.2, 0.25) is 0 Å². The van der Waals surface area contributed by atoms with E-state index in [1.807, 2.05) is 11.8 Å². The van der Waals surface area contributed by atoms with Crippen LogP contribution in [0.25, 0.3) is 0 Å². The number of urea groups is 1. The zero-order chi connectivity index (χ0) is 12.8. The zero-order valence-corrected chi connectivity index (χ0v) is 10.3. The predicted octanol–water partition coefficient (Wildman–Crippen LogP) is 0.901. The van der Waals surface area contributed by atoms with Crippen molar-refractivity contribution in [3.63, 3.8) is 0 Å². The third-order valence-electron chi connectivity index (χ3n) is 2.81. The molecule has 1 fully saturated rings. The van der Waals surface area contributed by atoms with Crippen LogP contribution in [0.3, 0.4) is 0 Å². The number of hydrogen-bond donors (Lipinski definition) is 1. The molecular weight excluding hydrogens is 222 g/mol. The normalized spacial score (nSPS) is 21.9. The summed E-state index contributed by atoms with van der Waals surface area (Å²) in [6.45, 7) is 2.81. The summed E-state index contributed by atoms with van der Waals surface area (Å²) in [6.07, 6.45) is 2.75. The standard InChI is InChI=1S/C11H19N3O3/c1-3-6-14-8(7-10(15)17-2)4-5-9(14)13-11(12)16/h8H,3-7H2,1-2H3,(H2,12,16). The SMILES string of the molecule is CCCN1C(=NC(N)=O)CCC1CC(=O)OC. The quantitative estimate of drug-likeness (QED) is 0.741. The first-order chi connectivity index (χ1) is 8.08. The lowest BCUT2D eigenvalue weighted by Gasteiger charge is -2.25. The third-order valence-corrected chi connectivity index (χ3v) is 2.81. The van der Waals surface area contributed by atoms with Crippen LogP contribution in [0.4, 0.5) is 4.79 Å². The largest absolute Gasteiger partial charge is 0.469 e. The Morgan fingerprint density at radius 3 is 2.82 bits per heavy atom. The van der Waals surface area contributed by atoms with Crippen LogP contribution in [0.15, 0.2) is 4.99 Å². The average Bonchev–Trinajstić information content (AvgIpc) is 2.62. The number of carbonyl (C=O) groups excluding carboxylic acids is 2. The molecule has 6 nitrogen and oxygen atoms in total. The molecule has 0 bridgehead atoms. The van der Waals surface area contributed by atoms with Crippen LogP contribution in [-0.2, 0) is 9.53 Å². The second-order valence-corrected chi connectivity index (χ2v) is 4.03. The maximum atomic E-state index is 11.3. The Kier molecular flexibility index (Phi) is 4.93. The highest BCUT2D eigenvalue weighted by Crippen LogP contribution is 2.23. The number of rotatable bonds is 4. The van der Waals surface area contributed by atoms with Crippen LogP contribution in [0.1, 0.15) is 32.6 Å². The number of amides is 2. The molecule has 0 radical (unpaired) electrons. The number of primary amides is 1. The number of hydrogen-bond acceptors (Lipinski definition) is 3. The minimum absolute atomic E-state index is 0.0699. The molecule has 2 amide bonds. The molecule has 1 atom stereocenters. The summed E-state index contributed by atoms with van der Waals surface area (Å²) >= 11 is 0. The van der Waals surface area contributed by atoms with E-state index in [4.69, 9.17) is 5.73 Å². The predicted molar refractivity (Wildman–Crippen MR) is 63.7 cm³/mol. The molecule has 1 aliphatic heterocycles. The first-order valence-corrected chi connectivity index (χ1v) is 5.79. The van der Waals surface area contributed by atoms with E-state index in [1.165, 1.54) is 7.11 Å². The summed E-state index contributed by atoms with van der Waals surface area (Å²) in [5, 5.41) is 0. The topological polar surface area (TPSA) is 85.0 Å². The maximum absolute atomic E-state index is 11.3. The zero-order valence-electron chi connectivity index (χ0n) is 10.3. The van der Waals surface area contributed by atoms with E-state index < -0.39 is 6.03 Å². The van der Waals surface area contributed by atoms with Crippen LogP contribution < -0.4 is 5.73 Å². The van der Waals surface area contributed by atoms with Crippen molar-refractivity contribution in [2.45, 2.75) is 38.6 Å². The second-order valence-electron chi connectivity index (χ2n) is 4.03. The maximum Gasteiger partial charge on any atom is 0.339 e. The summed E-state index contributed by atoms with van der Waals surface area (Å²) in [6, 6.07) is -0.611. The molecule has 6 heteroatoms. The Labute approximate surface area is 101 Å². The van der Waals surface area contributed by atoms with E-state index in [1.54, 1.807) is 0 Å². The van der Waals surface area contributed by atoms with Crippen molar-refractivity contribution in [3.8, 4) is 0 Å². The molecule has 0 aromatic carbocycles. The Bertz CT molecular complexity index is 328. The van der Waals surface area contributed by atoms with Crippen molar-refractivity contribution in [2.24, 2.45) is 10.7 Å². The third kappa shape index (κ3) is 3.72. The lowest BCUT2D eigenvalue weighted by molar-refractivity contribution is -0.141. The smallest absolute Gasteiger partial charge is 0.339 e. The van der Waals surface area contributed by atoms with Crippen molar-refractivity contribution in [2.75, 3.05) is 13.7 Å². The number of ether oxygens (including phenoxy) is 1. The number of likely N-dealkylation sites (tertiary alicyclic amines) is 1. The molecule has 1 aliphatic rings. The molecule has 1 rings (SSSR count). The van der Waals surface area contributed by atoms with E-state index in [0.717, 1.165) is 19.4 Å². The fraction of sp³-hybridized carbons (Fsp3) is 0.727. The van der Waals surface area contributed by atoms with Gasteiger partial charge in [0.1, 0.15) is 5.84 Å². The van der Waals surface area contributed by atoms with Crippen molar-refractivity contribution in [1.82, 2.24) is 4.90 Å². The van der Waals surface area contributed by atoms with Gasteiger partial charge in [-0.15, -0.1) is 0 Å². The lowest BCUT2D eigenvalue weighted by Crippen LogP contribution is -2.36. The van der Waals surface area contributed by atoms with Gasteiger partial charge in [-0.2, -0.15) is 4.99 Å². The highest BCUT2D eigenvalue weighted by molar-refractivity contribution is 5.94. The van der Waals surface area contributed by atoms with Crippen molar-refractivity contribution < 1.29 is 14.3 Å². The molecule has 1 heterocycles. The van der Waals surface area contributed by atoms with Gasteiger partial charge in [-0.25, -0.2) is 4.79 Å². The first kappa shape index (κ1) is 13.5. The summed E-state index contributed by atoms with van der Waals surface area (Å²) in [7, 11) is 1.37. The fourth-order valence-corrected chi connectivity index (χ4v) is 2.09. The van der Waals surface area contributed by atoms with Crippen molar-refractivity contribution in [3.05, 3.63) is 0 Å². The van der Waals surface area contributed by atoms with Gasteiger partial charge in [-0.3, -0.25) is 4.79 Å². The second kappa shape index (κ2) is 6.22. The van der Waals surface area contributed by atoms with Crippen molar-refractivity contribution in [1.29, 1.82) is 0 Å². The lowest BCUT2D eigenvalue weighted by atomic mass is 10.1. The van der Waals surface area contributed by atoms with Gasteiger partial charge in [0.05, 0.1) is 13.5 Å². The molecule has 0 saturated carbocycles. The highest BCUT2D eigenvalue weighted by atomic mass is 16.5. The summed E-state index contributed by atoms with van der Waals surface area (Å²) < 4.78 is 4.66. The molecule has 1 saturated heterocycles. The molecule has 0 aromatic heterocycles. The minimum Gasteiger partial charge on any atom is -0.469 e. The van der Waals surface area contributed by atoms with E-state index in [-0.39, 0.29) is 12.0 Å². The molecular formula is C11H19N3O3. The summed E-state index contributed by atoms with van der Waals surface area (Å²) in [5.41, 5.74) is 5.06. The van der Waals surface area contributed by atoms with Gasteiger partial charge in [0.25, 0.3) is 0 Å². The van der Waals surface area contributed by atoms with Gasteiger partial charge < -0.3 is 15.4 Å². The molecule has 2 N–H and O–H groups in total. The number of methoxy groups -OCH3 is 1. The van der Waals surface area contributed by atoms with E-state index >= 15 is 0 Å². The Morgan fingerprint density at radius 1 is 1.59 bits per heavy atom. The number of nitrogens with two attached hydrogens (primary N) is 1. The van der Waals surface area contributed by atoms with Crippen LogP contribution in [0.5, 0.6) is 0 Å². The van der Waals surface area contributed by atoms with Crippen LogP contribution >= 0.6 is 0 Å². The number of carbonyl (C=O) groups is 2. The van der Waals surface area contributed by atoms with Gasteiger partial charge in [0, 0.05) is 19.0 Å². The number of esters is 1.